The van der Waals surface area contributed by atoms with Crippen molar-refractivity contribution in [1.82, 2.24) is 9.97 Å². The second-order valence-corrected chi connectivity index (χ2v) is 6.34. The van der Waals surface area contributed by atoms with Crippen LogP contribution in [-0.4, -0.2) is 42.1 Å². The normalized spacial score (nSPS) is 18.5. The van der Waals surface area contributed by atoms with Crippen LogP contribution in [-0.2, 0) is 9.53 Å². The quantitative estimate of drug-likeness (QED) is 0.804. The van der Waals surface area contributed by atoms with Gasteiger partial charge in [0.05, 0.1) is 25.9 Å². The van der Waals surface area contributed by atoms with Crippen LogP contribution < -0.4 is 15.2 Å². The first-order valence-electron chi connectivity index (χ1n) is 8.54. The average molecular weight is 370 g/mol. The van der Waals surface area contributed by atoms with Crippen molar-refractivity contribution >= 4 is 17.6 Å². The maximum absolute atomic E-state index is 12.6. The Bertz CT molecular complexity index is 882. The van der Waals surface area contributed by atoms with Crippen molar-refractivity contribution in [3.8, 4) is 11.6 Å². The van der Waals surface area contributed by atoms with E-state index >= 15 is 0 Å². The lowest BCUT2D eigenvalue weighted by Crippen LogP contribution is -2.39. The standard InChI is InChI=1S/C19H22N4O4/c1-10(2)27-18-15-13(11-7-5-6-8-12(11)25-3)14(19(24)26-4)16(20)23-17(15)21-9-22-18/h5-10,13-14H,1-4H3,(H2,20,21,22,23). The Kier molecular flexibility index (Phi) is 5.25. The predicted octanol–water partition coefficient (Wildman–Crippen LogP) is 2.20. The summed E-state index contributed by atoms with van der Waals surface area (Å²) in [5.41, 5.74) is 7.48. The van der Waals surface area contributed by atoms with Gasteiger partial charge < -0.3 is 19.9 Å². The molecule has 2 aromatic rings. The van der Waals surface area contributed by atoms with Gasteiger partial charge in [0.15, 0.2) is 5.82 Å². The molecule has 8 nitrogen and oxygen atoms in total. The van der Waals surface area contributed by atoms with E-state index in [9.17, 15) is 4.79 Å². The van der Waals surface area contributed by atoms with Crippen LogP contribution in [0.2, 0.25) is 0 Å². The molecule has 27 heavy (non-hydrogen) atoms. The Morgan fingerprint density at radius 2 is 1.93 bits per heavy atom. The molecule has 142 valence electrons. The molecule has 0 amide bonds. The SMILES string of the molecule is COC(=O)C1C(N)=Nc2ncnc(OC(C)C)c2C1c1ccccc1OC. The summed E-state index contributed by atoms with van der Waals surface area (Å²) in [5, 5.41) is 0. The molecule has 0 saturated carbocycles. The van der Waals surface area contributed by atoms with Crippen LogP contribution >= 0.6 is 0 Å². The van der Waals surface area contributed by atoms with Crippen molar-refractivity contribution in [1.29, 1.82) is 0 Å². The summed E-state index contributed by atoms with van der Waals surface area (Å²) < 4.78 is 16.4. The molecule has 0 aliphatic carbocycles. The van der Waals surface area contributed by atoms with Crippen LogP contribution in [0.5, 0.6) is 11.6 Å². The Labute approximate surface area is 157 Å². The number of carbonyl (C=O) groups is 1. The van der Waals surface area contributed by atoms with Crippen molar-refractivity contribution in [2.45, 2.75) is 25.9 Å². The van der Waals surface area contributed by atoms with Gasteiger partial charge in [-0.1, -0.05) is 18.2 Å². The number of rotatable bonds is 5. The Morgan fingerprint density at radius 1 is 1.19 bits per heavy atom. The topological polar surface area (TPSA) is 109 Å². The monoisotopic (exact) mass is 370 g/mol. The molecule has 0 radical (unpaired) electrons. The van der Waals surface area contributed by atoms with E-state index in [1.807, 2.05) is 38.1 Å². The molecule has 8 heteroatoms. The minimum atomic E-state index is -0.848. The highest BCUT2D eigenvalue weighted by Gasteiger charge is 2.43. The first-order valence-corrected chi connectivity index (χ1v) is 8.54. The van der Waals surface area contributed by atoms with E-state index in [2.05, 4.69) is 15.0 Å². The van der Waals surface area contributed by atoms with Crippen LogP contribution in [0.1, 0.15) is 30.9 Å². The molecule has 0 spiro atoms. The van der Waals surface area contributed by atoms with Gasteiger partial charge in [-0.05, 0) is 19.9 Å². The molecule has 3 rings (SSSR count). The van der Waals surface area contributed by atoms with Crippen molar-refractivity contribution in [3.63, 3.8) is 0 Å². The molecule has 1 aromatic heterocycles. The maximum atomic E-state index is 12.6. The zero-order chi connectivity index (χ0) is 19.6. The molecular formula is C19H22N4O4. The number of nitrogens with two attached hydrogens (primary N) is 1. The summed E-state index contributed by atoms with van der Waals surface area (Å²) in [6.07, 6.45) is 1.24. The number of ether oxygens (including phenoxy) is 3. The highest BCUT2D eigenvalue weighted by atomic mass is 16.5. The first-order chi connectivity index (χ1) is 13.0. The molecule has 1 aromatic carbocycles. The molecule has 1 aliphatic rings. The number of para-hydroxylation sites is 1. The van der Waals surface area contributed by atoms with Crippen molar-refractivity contribution in [2.24, 2.45) is 16.6 Å². The minimum Gasteiger partial charge on any atom is -0.496 e. The summed E-state index contributed by atoms with van der Waals surface area (Å²) >= 11 is 0. The van der Waals surface area contributed by atoms with E-state index in [0.29, 0.717) is 23.0 Å². The number of amidine groups is 1. The number of nitrogens with zero attached hydrogens (tertiary/aromatic N) is 3. The third-order valence-corrected chi connectivity index (χ3v) is 4.30. The van der Waals surface area contributed by atoms with Gasteiger partial charge in [0, 0.05) is 11.5 Å². The average Bonchev–Trinajstić information content (AvgIpc) is 2.66. The van der Waals surface area contributed by atoms with Crippen molar-refractivity contribution < 1.29 is 19.0 Å². The van der Waals surface area contributed by atoms with Gasteiger partial charge in [0.1, 0.15) is 23.8 Å². The molecular weight excluding hydrogens is 348 g/mol. The fraction of sp³-hybridized carbons (Fsp3) is 0.368. The van der Waals surface area contributed by atoms with Gasteiger partial charge in [-0.2, -0.15) is 0 Å². The van der Waals surface area contributed by atoms with Crippen LogP contribution in [0.4, 0.5) is 5.82 Å². The number of fused-ring (bicyclic) bond motifs is 1. The number of hydrogen-bond donors (Lipinski definition) is 1. The molecule has 0 fully saturated rings. The first kappa shape index (κ1) is 18.6. The second-order valence-electron chi connectivity index (χ2n) is 6.34. The Hall–Kier alpha value is -3.16. The summed E-state index contributed by atoms with van der Waals surface area (Å²) in [4.78, 5) is 25.4. The van der Waals surface area contributed by atoms with Crippen LogP contribution in [0, 0.1) is 5.92 Å². The zero-order valence-electron chi connectivity index (χ0n) is 15.7. The summed E-state index contributed by atoms with van der Waals surface area (Å²) in [6.45, 7) is 3.79. The number of esters is 1. The third kappa shape index (κ3) is 3.42. The van der Waals surface area contributed by atoms with Gasteiger partial charge >= 0.3 is 5.97 Å². The van der Waals surface area contributed by atoms with Crippen molar-refractivity contribution in [3.05, 3.63) is 41.7 Å². The number of hydrogen-bond acceptors (Lipinski definition) is 8. The van der Waals surface area contributed by atoms with E-state index in [1.165, 1.54) is 13.4 Å². The second kappa shape index (κ2) is 7.61. The number of aliphatic imine (C=N–C) groups is 1. The molecule has 2 N–H and O–H groups in total. The zero-order valence-corrected chi connectivity index (χ0v) is 15.7. The predicted molar refractivity (Wildman–Crippen MR) is 99.4 cm³/mol. The van der Waals surface area contributed by atoms with Crippen LogP contribution in [0.3, 0.4) is 0 Å². The smallest absolute Gasteiger partial charge is 0.317 e. The van der Waals surface area contributed by atoms with Gasteiger partial charge in [0.25, 0.3) is 0 Å². The number of methoxy groups -OCH3 is 2. The maximum Gasteiger partial charge on any atom is 0.317 e. The van der Waals surface area contributed by atoms with E-state index in [4.69, 9.17) is 19.9 Å². The lowest BCUT2D eigenvalue weighted by Gasteiger charge is -2.31. The highest BCUT2D eigenvalue weighted by Crippen LogP contribution is 2.47. The van der Waals surface area contributed by atoms with Gasteiger partial charge in [-0.15, -0.1) is 0 Å². The number of carbonyl (C=O) groups excluding carboxylic acids is 1. The van der Waals surface area contributed by atoms with E-state index in [1.54, 1.807) is 7.11 Å². The lowest BCUT2D eigenvalue weighted by molar-refractivity contribution is -0.143. The van der Waals surface area contributed by atoms with Gasteiger partial charge in [-0.25, -0.2) is 15.0 Å². The largest absolute Gasteiger partial charge is 0.496 e. The highest BCUT2D eigenvalue weighted by molar-refractivity contribution is 6.04. The fourth-order valence-electron chi connectivity index (χ4n) is 3.22. The molecule has 2 atom stereocenters. The molecule has 0 bridgehead atoms. The van der Waals surface area contributed by atoms with E-state index in [-0.39, 0.29) is 11.9 Å². The minimum absolute atomic E-state index is 0.123. The van der Waals surface area contributed by atoms with E-state index < -0.39 is 17.8 Å². The fourth-order valence-corrected chi connectivity index (χ4v) is 3.22. The molecule has 0 saturated heterocycles. The lowest BCUT2D eigenvalue weighted by atomic mass is 9.78. The molecule has 1 aliphatic heterocycles. The molecule has 2 unspecified atom stereocenters. The Morgan fingerprint density at radius 3 is 2.59 bits per heavy atom. The van der Waals surface area contributed by atoms with Crippen LogP contribution in [0.15, 0.2) is 35.6 Å². The Balaban J connectivity index is 2.29. The van der Waals surface area contributed by atoms with Crippen LogP contribution in [0.25, 0.3) is 0 Å². The third-order valence-electron chi connectivity index (χ3n) is 4.30. The molecule has 2 heterocycles. The number of aromatic nitrogens is 2. The summed E-state index contributed by atoms with van der Waals surface area (Å²) in [5.74, 6) is -0.450. The summed E-state index contributed by atoms with van der Waals surface area (Å²) in [6, 6.07) is 7.40. The van der Waals surface area contributed by atoms with Crippen molar-refractivity contribution in [2.75, 3.05) is 14.2 Å². The number of benzene rings is 1. The van der Waals surface area contributed by atoms with Gasteiger partial charge in [0.2, 0.25) is 5.88 Å². The summed E-state index contributed by atoms with van der Waals surface area (Å²) in [7, 11) is 2.89. The van der Waals surface area contributed by atoms with Gasteiger partial charge in [-0.3, -0.25) is 4.79 Å². The van der Waals surface area contributed by atoms with E-state index in [0.717, 1.165) is 5.56 Å².